The highest BCUT2D eigenvalue weighted by molar-refractivity contribution is 5.49. The second-order valence-electron chi connectivity index (χ2n) is 6.32. The van der Waals surface area contributed by atoms with Gasteiger partial charge in [0.2, 0.25) is 0 Å². The van der Waals surface area contributed by atoms with Gasteiger partial charge in [-0.25, -0.2) is 4.98 Å². The van der Waals surface area contributed by atoms with Gasteiger partial charge in [-0.1, -0.05) is 5.16 Å². The molecule has 3 rings (SSSR count). The van der Waals surface area contributed by atoms with Gasteiger partial charge in [0.1, 0.15) is 11.6 Å². The van der Waals surface area contributed by atoms with Gasteiger partial charge in [0.15, 0.2) is 5.82 Å². The number of nitrogens with one attached hydrogen (secondary N) is 1. The van der Waals surface area contributed by atoms with Crippen molar-refractivity contribution in [3.05, 3.63) is 29.9 Å². The lowest BCUT2D eigenvalue weighted by Gasteiger charge is -2.31. The molecule has 1 N–H and O–H groups in total. The predicted octanol–water partition coefficient (Wildman–Crippen LogP) is 2.42. The molecular formula is C17H25N5O2. The zero-order valence-electron chi connectivity index (χ0n) is 14.4. The number of piperidine rings is 1. The first kappa shape index (κ1) is 16.9. The summed E-state index contributed by atoms with van der Waals surface area (Å²) in [6.45, 7) is 5.99. The second kappa shape index (κ2) is 8.21. The van der Waals surface area contributed by atoms with Crippen molar-refractivity contribution < 1.29 is 9.26 Å². The van der Waals surface area contributed by atoms with Crippen LogP contribution in [0.1, 0.15) is 24.3 Å². The normalized spacial score (nSPS) is 16.4. The molecule has 2 aromatic rings. The number of methoxy groups -OCH3 is 1. The number of nitrogens with zero attached hydrogens (tertiary/aromatic N) is 4. The van der Waals surface area contributed by atoms with Gasteiger partial charge in [0.05, 0.1) is 24.7 Å². The van der Waals surface area contributed by atoms with E-state index in [4.69, 9.17) is 9.26 Å². The number of ether oxygens (including phenoxy) is 1. The van der Waals surface area contributed by atoms with Crippen LogP contribution in [-0.4, -0.2) is 53.4 Å². The molecule has 24 heavy (non-hydrogen) atoms. The molecule has 0 bridgehead atoms. The molecule has 0 spiro atoms. The Hall–Kier alpha value is -1.99. The van der Waals surface area contributed by atoms with Crippen molar-refractivity contribution in [2.75, 3.05) is 38.7 Å². The summed E-state index contributed by atoms with van der Waals surface area (Å²) in [5.74, 6) is 2.79. The van der Waals surface area contributed by atoms with Crippen molar-refractivity contribution in [3.8, 4) is 0 Å². The lowest BCUT2D eigenvalue weighted by molar-refractivity contribution is 0.120. The second-order valence-corrected chi connectivity index (χ2v) is 6.32. The van der Waals surface area contributed by atoms with Crippen LogP contribution in [0.2, 0.25) is 0 Å². The molecule has 1 fully saturated rings. The summed E-state index contributed by atoms with van der Waals surface area (Å²) in [4.78, 5) is 11.4. The van der Waals surface area contributed by atoms with E-state index < -0.39 is 0 Å². The van der Waals surface area contributed by atoms with Gasteiger partial charge in [-0.2, -0.15) is 0 Å². The summed E-state index contributed by atoms with van der Waals surface area (Å²) in [6, 6.07) is 1.83. The summed E-state index contributed by atoms with van der Waals surface area (Å²) < 4.78 is 10.2. The van der Waals surface area contributed by atoms with Gasteiger partial charge in [-0.05, 0) is 45.2 Å². The maximum absolute atomic E-state index is 5.15. The van der Waals surface area contributed by atoms with Gasteiger partial charge in [-0.15, -0.1) is 0 Å². The molecule has 0 aliphatic carbocycles. The van der Waals surface area contributed by atoms with Crippen LogP contribution in [0.25, 0.3) is 0 Å². The first-order chi connectivity index (χ1) is 11.7. The fourth-order valence-electron chi connectivity index (χ4n) is 3.01. The summed E-state index contributed by atoms with van der Waals surface area (Å²) in [5, 5.41) is 6.97. The van der Waals surface area contributed by atoms with Crippen molar-refractivity contribution in [3.63, 3.8) is 0 Å². The average Bonchev–Trinajstić information content (AvgIpc) is 3.01. The predicted molar refractivity (Wildman–Crippen MR) is 91.3 cm³/mol. The van der Waals surface area contributed by atoms with Crippen LogP contribution in [0.15, 0.2) is 23.0 Å². The molecule has 1 saturated heterocycles. The van der Waals surface area contributed by atoms with Crippen LogP contribution in [0, 0.1) is 12.8 Å². The summed E-state index contributed by atoms with van der Waals surface area (Å²) in [6.07, 6.45) is 7.03. The number of rotatable bonds is 7. The van der Waals surface area contributed by atoms with E-state index in [1.165, 1.54) is 12.8 Å². The Morgan fingerprint density at radius 1 is 1.25 bits per heavy atom. The molecule has 0 amide bonds. The molecule has 0 unspecified atom stereocenters. The minimum absolute atomic E-state index is 0.651. The molecule has 0 aromatic carbocycles. The van der Waals surface area contributed by atoms with Crippen molar-refractivity contribution in [1.29, 1.82) is 0 Å². The first-order valence-corrected chi connectivity index (χ1v) is 8.45. The van der Waals surface area contributed by atoms with E-state index >= 15 is 0 Å². The molecule has 2 aromatic heterocycles. The monoisotopic (exact) mass is 331 g/mol. The van der Waals surface area contributed by atoms with Gasteiger partial charge in [-0.3, -0.25) is 4.98 Å². The Morgan fingerprint density at radius 3 is 2.71 bits per heavy atom. The standard InChI is InChI=1S/C17H25N5O2/c1-13-9-16(21-24-13)20-17-12-18-15(11-19-17)10-14-3-5-22(6-4-14)7-8-23-2/h9,11-12,14H,3-8,10H2,1-2H3,(H,19,20,21). The molecule has 3 heterocycles. The molecule has 7 heteroatoms. The topological polar surface area (TPSA) is 76.3 Å². The van der Waals surface area contributed by atoms with Crippen LogP contribution in [0.5, 0.6) is 0 Å². The fourth-order valence-corrected chi connectivity index (χ4v) is 3.01. The van der Waals surface area contributed by atoms with Gasteiger partial charge >= 0.3 is 0 Å². The maximum Gasteiger partial charge on any atom is 0.175 e. The Bertz CT molecular complexity index is 620. The van der Waals surface area contributed by atoms with E-state index in [1.54, 1.807) is 13.3 Å². The summed E-state index contributed by atoms with van der Waals surface area (Å²) in [5.41, 5.74) is 1.05. The van der Waals surface area contributed by atoms with E-state index in [0.717, 1.165) is 44.1 Å². The minimum Gasteiger partial charge on any atom is -0.383 e. The quantitative estimate of drug-likeness (QED) is 0.835. The zero-order valence-corrected chi connectivity index (χ0v) is 14.4. The van der Waals surface area contributed by atoms with Crippen LogP contribution >= 0.6 is 0 Å². The highest BCUT2D eigenvalue weighted by atomic mass is 16.5. The van der Waals surface area contributed by atoms with Gasteiger partial charge in [0.25, 0.3) is 0 Å². The van der Waals surface area contributed by atoms with Crippen LogP contribution in [0.3, 0.4) is 0 Å². The van der Waals surface area contributed by atoms with Crippen LogP contribution in [0.4, 0.5) is 11.6 Å². The molecule has 0 atom stereocenters. The Kier molecular flexibility index (Phi) is 5.77. The third kappa shape index (κ3) is 4.75. The molecular weight excluding hydrogens is 306 g/mol. The number of hydrogen-bond donors (Lipinski definition) is 1. The third-order valence-corrected chi connectivity index (χ3v) is 4.41. The molecule has 1 aliphatic heterocycles. The highest BCUT2D eigenvalue weighted by Gasteiger charge is 2.19. The van der Waals surface area contributed by atoms with E-state index in [9.17, 15) is 0 Å². The molecule has 1 aliphatic rings. The van der Waals surface area contributed by atoms with E-state index in [0.29, 0.717) is 17.6 Å². The molecule has 0 saturated carbocycles. The number of likely N-dealkylation sites (tertiary alicyclic amines) is 1. The van der Waals surface area contributed by atoms with Gasteiger partial charge < -0.3 is 19.5 Å². The lowest BCUT2D eigenvalue weighted by Crippen LogP contribution is -2.36. The van der Waals surface area contributed by atoms with Crippen molar-refractivity contribution in [1.82, 2.24) is 20.0 Å². The largest absolute Gasteiger partial charge is 0.383 e. The number of anilines is 2. The molecule has 7 nitrogen and oxygen atoms in total. The SMILES string of the molecule is COCCN1CCC(Cc2cnc(Nc3cc(C)on3)cn2)CC1. The lowest BCUT2D eigenvalue weighted by atomic mass is 9.92. The zero-order chi connectivity index (χ0) is 16.8. The van der Waals surface area contributed by atoms with Crippen LogP contribution < -0.4 is 5.32 Å². The van der Waals surface area contributed by atoms with Gasteiger partial charge in [0, 0.05) is 19.7 Å². The Morgan fingerprint density at radius 2 is 2.08 bits per heavy atom. The Labute approximate surface area is 142 Å². The third-order valence-electron chi connectivity index (χ3n) is 4.41. The minimum atomic E-state index is 0.651. The summed E-state index contributed by atoms with van der Waals surface area (Å²) >= 11 is 0. The van der Waals surface area contributed by atoms with E-state index in [-0.39, 0.29) is 0 Å². The van der Waals surface area contributed by atoms with E-state index in [2.05, 4.69) is 25.3 Å². The fraction of sp³-hybridized carbons (Fsp3) is 0.588. The van der Waals surface area contributed by atoms with Crippen molar-refractivity contribution >= 4 is 11.6 Å². The number of aryl methyl sites for hydroxylation is 1. The smallest absolute Gasteiger partial charge is 0.175 e. The maximum atomic E-state index is 5.15. The molecule has 130 valence electrons. The van der Waals surface area contributed by atoms with Crippen molar-refractivity contribution in [2.45, 2.75) is 26.2 Å². The first-order valence-electron chi connectivity index (χ1n) is 8.45. The highest BCUT2D eigenvalue weighted by Crippen LogP contribution is 2.21. The summed E-state index contributed by atoms with van der Waals surface area (Å²) in [7, 11) is 1.76. The Balaban J connectivity index is 1.46. The number of hydrogen-bond acceptors (Lipinski definition) is 7. The average molecular weight is 331 g/mol. The van der Waals surface area contributed by atoms with Crippen molar-refractivity contribution in [2.24, 2.45) is 5.92 Å². The van der Waals surface area contributed by atoms with E-state index in [1.807, 2.05) is 19.2 Å². The van der Waals surface area contributed by atoms with Crippen LogP contribution in [-0.2, 0) is 11.2 Å². The molecule has 0 radical (unpaired) electrons. The number of aromatic nitrogens is 3.